The highest BCUT2D eigenvalue weighted by Crippen LogP contribution is 2.38. The van der Waals surface area contributed by atoms with Gasteiger partial charge in [-0.3, -0.25) is 9.59 Å². The van der Waals surface area contributed by atoms with Crippen LogP contribution >= 0.6 is 0 Å². The van der Waals surface area contributed by atoms with Gasteiger partial charge in [0, 0.05) is 10.8 Å². The molecule has 0 spiro atoms. The molecule has 0 saturated heterocycles. The quantitative estimate of drug-likeness (QED) is 0.453. The molecule has 1 aliphatic rings. The summed E-state index contributed by atoms with van der Waals surface area (Å²) in [6.07, 6.45) is 0. The zero-order valence-corrected chi connectivity index (χ0v) is 15.5. The molecule has 0 atom stereocenters. The molecule has 0 aromatic heterocycles. The number of ether oxygens (including phenoxy) is 1. The first-order valence-electron chi connectivity index (χ1n) is 8.28. The van der Waals surface area contributed by atoms with Crippen LogP contribution < -0.4 is 4.74 Å². The van der Waals surface area contributed by atoms with E-state index in [-0.39, 0.29) is 16.5 Å². The molecule has 0 N–H and O–H groups in total. The molecule has 0 fully saturated rings. The Kier molecular flexibility index (Phi) is 4.51. The number of hydroxylamine groups is 2. The van der Waals surface area contributed by atoms with Gasteiger partial charge in [-0.2, -0.15) is 21.6 Å². The molecule has 3 aromatic rings. The smallest absolute Gasteiger partial charge is 0.457 e. The Morgan fingerprint density at radius 1 is 0.800 bits per heavy atom. The van der Waals surface area contributed by atoms with E-state index < -0.39 is 32.5 Å². The van der Waals surface area contributed by atoms with Crippen LogP contribution in [0, 0.1) is 0 Å². The summed E-state index contributed by atoms with van der Waals surface area (Å²) in [7, 11) is -6.22. The molecule has 1 aliphatic heterocycles. The summed E-state index contributed by atoms with van der Waals surface area (Å²) in [6.45, 7) is 0. The lowest BCUT2D eigenvalue weighted by molar-refractivity contribution is -0.0761. The summed E-state index contributed by atoms with van der Waals surface area (Å²) >= 11 is 0. The van der Waals surface area contributed by atoms with Crippen molar-refractivity contribution in [1.29, 1.82) is 0 Å². The molecule has 0 radical (unpaired) electrons. The van der Waals surface area contributed by atoms with Crippen LogP contribution in [0.5, 0.6) is 11.5 Å². The highest BCUT2D eigenvalue weighted by molar-refractivity contribution is 7.87. The molecule has 4 rings (SSSR count). The van der Waals surface area contributed by atoms with Crippen LogP contribution in [0.2, 0.25) is 0 Å². The maximum absolute atomic E-state index is 12.6. The lowest BCUT2D eigenvalue weighted by Crippen LogP contribution is -2.44. The first-order valence-corrected chi connectivity index (χ1v) is 9.69. The number of hydrogen-bond donors (Lipinski definition) is 0. The zero-order chi connectivity index (χ0) is 21.7. The number of alkyl halides is 3. The van der Waals surface area contributed by atoms with E-state index in [2.05, 4.69) is 4.28 Å². The van der Waals surface area contributed by atoms with Crippen LogP contribution in [0.1, 0.15) is 20.7 Å². The van der Waals surface area contributed by atoms with Crippen molar-refractivity contribution in [2.24, 2.45) is 0 Å². The molecule has 2 amide bonds. The molecular weight excluding hydrogens is 427 g/mol. The van der Waals surface area contributed by atoms with Crippen molar-refractivity contribution in [3.05, 3.63) is 71.8 Å². The Bertz CT molecular complexity index is 1270. The van der Waals surface area contributed by atoms with Crippen LogP contribution in [0.25, 0.3) is 10.8 Å². The van der Waals surface area contributed by atoms with Gasteiger partial charge in [0.25, 0.3) is 11.8 Å². The van der Waals surface area contributed by atoms with E-state index in [1.165, 1.54) is 24.3 Å². The Balaban J connectivity index is 1.81. The summed E-state index contributed by atoms with van der Waals surface area (Å²) in [5.74, 6) is -1.92. The first kappa shape index (κ1) is 19.9. The second-order valence-electron chi connectivity index (χ2n) is 6.13. The fraction of sp³-hybridized carbons (Fsp3) is 0.0526. The van der Waals surface area contributed by atoms with Crippen molar-refractivity contribution in [3.63, 3.8) is 0 Å². The SMILES string of the molecule is O=C1c2cccc3c(Oc4ccccc4)ccc(c23)C(=O)N1OS(=O)(=O)C(F)(F)F. The molecule has 30 heavy (non-hydrogen) atoms. The van der Waals surface area contributed by atoms with E-state index in [0.29, 0.717) is 16.9 Å². The molecule has 7 nitrogen and oxygen atoms in total. The van der Waals surface area contributed by atoms with Crippen molar-refractivity contribution < 1.29 is 40.2 Å². The van der Waals surface area contributed by atoms with E-state index in [9.17, 15) is 31.2 Å². The predicted octanol–water partition coefficient (Wildman–Crippen LogP) is 4.01. The molecular formula is C19H10F3NO6S. The van der Waals surface area contributed by atoms with Gasteiger partial charge in [-0.25, -0.2) is 0 Å². The highest BCUT2D eigenvalue weighted by atomic mass is 32.2. The summed E-state index contributed by atoms with van der Waals surface area (Å²) in [4.78, 5) is 25.2. The van der Waals surface area contributed by atoms with Gasteiger partial charge in [0.1, 0.15) is 11.5 Å². The van der Waals surface area contributed by atoms with Gasteiger partial charge < -0.3 is 4.74 Å². The standard InChI is InChI=1S/C19H10F3NO6S/c20-19(21,22)30(26,27)29-23-17(24)13-8-4-7-12-15(28-11-5-2-1-3-6-11)10-9-14(16(12)13)18(23)25/h1-10H. The molecule has 0 unspecified atom stereocenters. The Labute approximate surface area is 167 Å². The largest absolute Gasteiger partial charge is 0.525 e. The maximum atomic E-state index is 12.6. The van der Waals surface area contributed by atoms with Gasteiger partial charge in [0.05, 0.1) is 11.1 Å². The molecule has 3 aromatic carbocycles. The van der Waals surface area contributed by atoms with Gasteiger partial charge in [-0.1, -0.05) is 30.3 Å². The van der Waals surface area contributed by atoms with Crippen LogP contribution in [0.15, 0.2) is 60.7 Å². The molecule has 1 heterocycles. The number of carbonyl (C=O) groups is 2. The predicted molar refractivity (Wildman–Crippen MR) is 97.0 cm³/mol. The van der Waals surface area contributed by atoms with E-state index in [0.717, 1.165) is 0 Å². The number of carbonyl (C=O) groups excluding carboxylic acids is 2. The molecule has 0 aliphatic carbocycles. The third kappa shape index (κ3) is 3.17. The Hall–Kier alpha value is -3.44. The Morgan fingerprint density at radius 3 is 2.07 bits per heavy atom. The third-order valence-electron chi connectivity index (χ3n) is 4.26. The summed E-state index contributed by atoms with van der Waals surface area (Å²) in [5, 5.41) is 0.0524. The minimum Gasteiger partial charge on any atom is -0.457 e. The molecule has 154 valence electrons. The minimum atomic E-state index is -6.22. The van der Waals surface area contributed by atoms with E-state index in [1.54, 1.807) is 36.4 Å². The fourth-order valence-corrected chi connectivity index (χ4v) is 3.38. The van der Waals surface area contributed by atoms with Crippen molar-refractivity contribution in [1.82, 2.24) is 5.06 Å². The summed E-state index contributed by atoms with van der Waals surface area (Å²) < 4.78 is 70.2. The van der Waals surface area contributed by atoms with Crippen molar-refractivity contribution >= 4 is 32.7 Å². The van der Waals surface area contributed by atoms with Crippen LogP contribution in [-0.2, 0) is 14.4 Å². The number of rotatable bonds is 4. The molecule has 11 heteroatoms. The number of halogens is 3. The van der Waals surface area contributed by atoms with Crippen molar-refractivity contribution in [3.8, 4) is 11.5 Å². The average molecular weight is 437 g/mol. The first-order chi connectivity index (χ1) is 14.1. The summed E-state index contributed by atoms with van der Waals surface area (Å²) in [6, 6.07) is 15.5. The molecule has 0 saturated carbocycles. The van der Waals surface area contributed by atoms with E-state index in [4.69, 9.17) is 4.74 Å². The minimum absolute atomic E-state index is 0.116. The van der Waals surface area contributed by atoms with E-state index >= 15 is 0 Å². The van der Waals surface area contributed by atoms with Gasteiger partial charge in [0.2, 0.25) is 0 Å². The van der Waals surface area contributed by atoms with Gasteiger partial charge in [0.15, 0.2) is 0 Å². The normalized spacial score (nSPS) is 14.3. The van der Waals surface area contributed by atoms with Gasteiger partial charge >= 0.3 is 15.6 Å². The lowest BCUT2D eigenvalue weighted by atomic mass is 9.94. The molecule has 0 bridgehead atoms. The number of nitrogens with zero attached hydrogens (tertiary/aromatic N) is 1. The topological polar surface area (TPSA) is 90.0 Å². The zero-order valence-electron chi connectivity index (χ0n) is 14.7. The number of imide groups is 1. The number of benzene rings is 3. The van der Waals surface area contributed by atoms with Crippen LogP contribution in [-0.4, -0.2) is 30.8 Å². The number of hydrogen-bond acceptors (Lipinski definition) is 6. The highest BCUT2D eigenvalue weighted by Gasteiger charge is 2.51. The second kappa shape index (κ2) is 6.82. The van der Waals surface area contributed by atoms with Crippen molar-refractivity contribution in [2.75, 3.05) is 0 Å². The van der Waals surface area contributed by atoms with Gasteiger partial charge in [-0.05, 0) is 30.3 Å². The van der Waals surface area contributed by atoms with Crippen molar-refractivity contribution in [2.45, 2.75) is 5.51 Å². The summed E-state index contributed by atoms with van der Waals surface area (Å²) in [5.41, 5.74) is -6.23. The average Bonchev–Trinajstić information content (AvgIpc) is 2.70. The van der Waals surface area contributed by atoms with Crippen LogP contribution in [0.3, 0.4) is 0 Å². The van der Waals surface area contributed by atoms with E-state index in [1.807, 2.05) is 0 Å². The van der Waals surface area contributed by atoms with Gasteiger partial charge in [-0.15, -0.1) is 9.35 Å². The fourth-order valence-electron chi connectivity index (χ4n) is 2.96. The second-order valence-corrected chi connectivity index (χ2v) is 7.65. The monoisotopic (exact) mass is 437 g/mol. The lowest BCUT2D eigenvalue weighted by Gasteiger charge is -2.26. The number of para-hydroxylation sites is 1. The maximum Gasteiger partial charge on any atom is 0.525 e. The number of amides is 2. The third-order valence-corrected chi connectivity index (χ3v) is 5.17. The Morgan fingerprint density at radius 2 is 1.43 bits per heavy atom. The van der Waals surface area contributed by atoms with Crippen LogP contribution in [0.4, 0.5) is 13.2 Å².